The van der Waals surface area contributed by atoms with E-state index in [1.165, 1.54) is 0 Å². The normalized spacial score (nSPS) is 12.8. The van der Waals surface area contributed by atoms with Gasteiger partial charge in [-0.1, -0.05) is 41.4 Å². The predicted octanol–water partition coefficient (Wildman–Crippen LogP) is 4.65. The molecule has 0 aliphatic rings. The first-order chi connectivity index (χ1) is 8.56. The van der Waals surface area contributed by atoms with Crippen molar-refractivity contribution < 1.29 is 4.74 Å². The minimum absolute atomic E-state index is 0.101. The molecule has 1 aromatic carbocycles. The van der Waals surface area contributed by atoms with Crippen molar-refractivity contribution in [1.82, 2.24) is 5.32 Å². The summed E-state index contributed by atoms with van der Waals surface area (Å²) < 4.78 is 6.79. The Balaban J connectivity index is 2.46. The lowest BCUT2D eigenvalue weighted by molar-refractivity contribution is 0.210. The van der Waals surface area contributed by atoms with Gasteiger partial charge in [0.25, 0.3) is 0 Å². The van der Waals surface area contributed by atoms with Crippen LogP contribution < -0.4 is 10.1 Å². The maximum atomic E-state index is 6.12. The van der Waals surface area contributed by atoms with Gasteiger partial charge < -0.3 is 10.1 Å². The van der Waals surface area contributed by atoms with E-state index in [4.69, 9.17) is 16.3 Å². The van der Waals surface area contributed by atoms with E-state index in [1.54, 1.807) is 0 Å². The Hall–Kier alpha value is -0.250. The smallest absolute Gasteiger partial charge is 0.138 e. The Labute approximate surface area is 123 Å². The van der Waals surface area contributed by atoms with Crippen LogP contribution in [0.1, 0.15) is 33.6 Å². The topological polar surface area (TPSA) is 21.3 Å². The van der Waals surface area contributed by atoms with E-state index in [0.717, 1.165) is 29.6 Å². The molecule has 1 rings (SSSR count). The number of nitrogens with one attached hydrogen (secondary N) is 1. The fourth-order valence-electron chi connectivity index (χ4n) is 1.74. The minimum Gasteiger partial charge on any atom is -0.488 e. The van der Waals surface area contributed by atoms with E-state index in [0.29, 0.717) is 11.1 Å². The van der Waals surface area contributed by atoms with Crippen molar-refractivity contribution in [3.8, 4) is 5.75 Å². The van der Waals surface area contributed by atoms with Gasteiger partial charge >= 0.3 is 0 Å². The summed E-state index contributed by atoms with van der Waals surface area (Å²) in [4.78, 5) is 0. The monoisotopic (exact) mass is 333 g/mol. The zero-order valence-electron chi connectivity index (χ0n) is 11.2. The largest absolute Gasteiger partial charge is 0.488 e. The van der Waals surface area contributed by atoms with E-state index >= 15 is 0 Å². The van der Waals surface area contributed by atoms with E-state index in [1.807, 2.05) is 25.1 Å². The zero-order valence-corrected chi connectivity index (χ0v) is 13.5. The van der Waals surface area contributed by atoms with Crippen molar-refractivity contribution in [2.75, 3.05) is 6.54 Å². The van der Waals surface area contributed by atoms with Crippen LogP contribution in [0.4, 0.5) is 0 Å². The minimum atomic E-state index is 0.101. The van der Waals surface area contributed by atoms with Crippen LogP contribution in [0.15, 0.2) is 22.7 Å². The van der Waals surface area contributed by atoms with Crippen LogP contribution in [-0.4, -0.2) is 18.7 Å². The summed E-state index contributed by atoms with van der Waals surface area (Å²) in [6.07, 6.45) is 2.38. The molecule has 0 radical (unpaired) electrons. The summed E-state index contributed by atoms with van der Waals surface area (Å²) in [6, 6.07) is 6.23. The van der Waals surface area contributed by atoms with Gasteiger partial charge in [0.2, 0.25) is 0 Å². The van der Waals surface area contributed by atoms with Crippen molar-refractivity contribution in [2.45, 2.75) is 45.8 Å². The Morgan fingerprint density at radius 3 is 2.56 bits per heavy atom. The molecule has 0 aliphatic carbocycles. The molecule has 0 fully saturated rings. The summed E-state index contributed by atoms with van der Waals surface area (Å²) in [5, 5.41) is 4.13. The van der Waals surface area contributed by atoms with Gasteiger partial charge in [-0.05, 0) is 38.0 Å². The summed E-state index contributed by atoms with van der Waals surface area (Å²) in [7, 11) is 0. The molecule has 0 aromatic heterocycles. The average molecular weight is 335 g/mol. The van der Waals surface area contributed by atoms with Crippen LogP contribution >= 0.6 is 27.5 Å². The number of hydrogen-bond acceptors (Lipinski definition) is 2. The van der Waals surface area contributed by atoms with E-state index in [9.17, 15) is 0 Å². The molecule has 18 heavy (non-hydrogen) atoms. The summed E-state index contributed by atoms with van der Waals surface area (Å²) in [6.45, 7) is 7.27. The van der Waals surface area contributed by atoms with Crippen molar-refractivity contribution >= 4 is 27.5 Å². The van der Waals surface area contributed by atoms with Gasteiger partial charge in [0.05, 0.1) is 5.02 Å². The van der Waals surface area contributed by atoms with Crippen LogP contribution in [0.5, 0.6) is 5.75 Å². The highest BCUT2D eigenvalue weighted by Gasteiger charge is 2.09. The molecule has 0 aliphatic heterocycles. The van der Waals surface area contributed by atoms with Gasteiger partial charge in [0, 0.05) is 17.1 Å². The lowest BCUT2D eigenvalue weighted by Crippen LogP contribution is -2.36. The molecule has 4 heteroatoms. The van der Waals surface area contributed by atoms with Crippen LogP contribution in [-0.2, 0) is 0 Å². The molecule has 1 unspecified atom stereocenters. The molecular weight excluding hydrogens is 314 g/mol. The lowest BCUT2D eigenvalue weighted by atomic mass is 10.1. The molecule has 0 saturated heterocycles. The Bertz CT molecular complexity index is 369. The van der Waals surface area contributed by atoms with Crippen molar-refractivity contribution in [3.63, 3.8) is 0 Å². The lowest BCUT2D eigenvalue weighted by Gasteiger charge is -2.20. The van der Waals surface area contributed by atoms with E-state index in [-0.39, 0.29) is 6.10 Å². The van der Waals surface area contributed by atoms with E-state index < -0.39 is 0 Å². The molecule has 2 nitrogen and oxygen atoms in total. The first kappa shape index (κ1) is 15.8. The van der Waals surface area contributed by atoms with Crippen LogP contribution in [0.25, 0.3) is 0 Å². The average Bonchev–Trinajstić information content (AvgIpc) is 2.34. The van der Waals surface area contributed by atoms with Crippen molar-refractivity contribution in [2.24, 2.45) is 0 Å². The Morgan fingerprint density at radius 2 is 2.00 bits per heavy atom. The predicted molar refractivity (Wildman–Crippen MR) is 81.6 cm³/mol. The molecule has 0 amide bonds. The van der Waals surface area contributed by atoms with Gasteiger partial charge in [-0.25, -0.2) is 0 Å². The third-order valence-electron chi connectivity index (χ3n) is 2.90. The molecular formula is C14H21BrClNO. The number of ether oxygens (including phenoxy) is 1. The second-order valence-electron chi connectivity index (χ2n) is 4.42. The third kappa shape index (κ3) is 5.17. The van der Waals surface area contributed by atoms with Gasteiger partial charge in [0.1, 0.15) is 11.9 Å². The van der Waals surface area contributed by atoms with Crippen LogP contribution in [0, 0.1) is 0 Å². The summed E-state index contributed by atoms with van der Waals surface area (Å²) >= 11 is 9.49. The molecule has 0 spiro atoms. The maximum absolute atomic E-state index is 6.12. The fourth-order valence-corrected chi connectivity index (χ4v) is 2.46. The van der Waals surface area contributed by atoms with E-state index in [2.05, 4.69) is 35.1 Å². The van der Waals surface area contributed by atoms with Crippen LogP contribution in [0.2, 0.25) is 5.02 Å². The molecule has 1 atom stereocenters. The fraction of sp³-hybridized carbons (Fsp3) is 0.571. The number of halogens is 2. The SMILES string of the molecule is CCC(CC)NCC(C)Oc1ccc(Br)cc1Cl. The molecule has 1 aromatic rings. The van der Waals surface area contributed by atoms with Gasteiger partial charge in [0.15, 0.2) is 0 Å². The first-order valence-corrected chi connectivity index (χ1v) is 7.59. The zero-order chi connectivity index (χ0) is 13.5. The molecule has 0 saturated carbocycles. The molecule has 102 valence electrons. The number of rotatable bonds is 7. The highest BCUT2D eigenvalue weighted by atomic mass is 79.9. The number of benzene rings is 1. The highest BCUT2D eigenvalue weighted by Crippen LogP contribution is 2.28. The van der Waals surface area contributed by atoms with Gasteiger partial charge in [-0.3, -0.25) is 0 Å². The Kier molecular flexibility index (Phi) is 7.05. The molecule has 0 heterocycles. The Morgan fingerprint density at radius 1 is 1.33 bits per heavy atom. The van der Waals surface area contributed by atoms with Crippen molar-refractivity contribution in [3.05, 3.63) is 27.7 Å². The second kappa shape index (κ2) is 8.03. The van der Waals surface area contributed by atoms with Gasteiger partial charge in [-0.15, -0.1) is 0 Å². The summed E-state index contributed by atoms with van der Waals surface area (Å²) in [5.41, 5.74) is 0. The van der Waals surface area contributed by atoms with Gasteiger partial charge in [-0.2, -0.15) is 0 Å². The first-order valence-electron chi connectivity index (χ1n) is 6.41. The third-order valence-corrected chi connectivity index (χ3v) is 3.69. The molecule has 1 N–H and O–H groups in total. The molecule has 0 bridgehead atoms. The second-order valence-corrected chi connectivity index (χ2v) is 5.75. The number of hydrogen-bond donors (Lipinski definition) is 1. The maximum Gasteiger partial charge on any atom is 0.138 e. The highest BCUT2D eigenvalue weighted by molar-refractivity contribution is 9.10. The standard InChI is InChI=1S/C14H21BrClNO/c1-4-12(5-2)17-9-10(3)18-14-7-6-11(15)8-13(14)16/h6-8,10,12,17H,4-5,9H2,1-3H3. The summed E-state index contributed by atoms with van der Waals surface area (Å²) in [5.74, 6) is 0.735. The van der Waals surface area contributed by atoms with Crippen LogP contribution in [0.3, 0.4) is 0 Å². The van der Waals surface area contributed by atoms with Crippen molar-refractivity contribution in [1.29, 1.82) is 0 Å². The quantitative estimate of drug-likeness (QED) is 0.784.